The first kappa shape index (κ1) is 17.8. The summed E-state index contributed by atoms with van der Waals surface area (Å²) >= 11 is 0. The molecule has 1 aliphatic rings. The Morgan fingerprint density at radius 3 is 2.38 bits per heavy atom. The van der Waals surface area contributed by atoms with Crippen molar-refractivity contribution in [2.45, 2.75) is 63.4 Å². The molecule has 0 radical (unpaired) electrons. The number of carboxylic acid groups (broad SMARTS) is 1. The zero-order valence-corrected chi connectivity index (χ0v) is 12.9. The average Bonchev–Trinajstić information content (AvgIpc) is 2.83. The zero-order valence-electron chi connectivity index (χ0n) is 12.9. The number of carboxylic acids is 1. The van der Waals surface area contributed by atoms with Crippen molar-refractivity contribution in [3.8, 4) is 0 Å². The highest BCUT2D eigenvalue weighted by Gasteiger charge is 2.33. The number of rotatable bonds is 9. The number of amides is 2. The molecule has 3 N–H and O–H groups in total. The molecule has 0 aromatic heterocycles. The van der Waals surface area contributed by atoms with Gasteiger partial charge in [-0.2, -0.15) is 0 Å². The molecule has 2 amide bonds. The number of urea groups is 1. The van der Waals surface area contributed by atoms with Gasteiger partial charge in [-0.15, -0.1) is 0 Å². The maximum atomic E-state index is 11.9. The number of aliphatic carboxylic acids is 1. The third-order valence-electron chi connectivity index (χ3n) is 4.01. The average molecular weight is 300 g/mol. The summed E-state index contributed by atoms with van der Waals surface area (Å²) in [4.78, 5) is 23.8. The molecule has 1 saturated carbocycles. The molecule has 122 valence electrons. The van der Waals surface area contributed by atoms with Crippen molar-refractivity contribution >= 4 is 12.0 Å². The summed E-state index contributed by atoms with van der Waals surface area (Å²) < 4.78 is 0. The number of aliphatic hydroxyl groups is 1. The van der Waals surface area contributed by atoms with Crippen LogP contribution in [0.2, 0.25) is 0 Å². The van der Waals surface area contributed by atoms with Gasteiger partial charge in [-0.3, -0.25) is 4.79 Å². The normalized spacial score (nSPS) is 16.7. The molecule has 0 heterocycles. The Morgan fingerprint density at radius 1 is 1.14 bits per heavy atom. The standard InChI is InChI=1S/C15H28N2O4/c1-17(12-15(21)9-5-6-10-15)14(20)16-11-7-3-2-4-8-13(18)19/h21H,2-12H2,1H3,(H,16,20)(H,18,19). The van der Waals surface area contributed by atoms with Gasteiger partial charge in [-0.1, -0.05) is 25.7 Å². The molecule has 0 unspecified atom stereocenters. The highest BCUT2D eigenvalue weighted by Crippen LogP contribution is 2.29. The lowest BCUT2D eigenvalue weighted by Gasteiger charge is -2.28. The predicted octanol–water partition coefficient (Wildman–Crippen LogP) is 1.97. The number of likely N-dealkylation sites (N-methyl/N-ethyl adjacent to an activating group) is 1. The molecule has 1 rings (SSSR count). The van der Waals surface area contributed by atoms with Crippen molar-refractivity contribution in [1.82, 2.24) is 10.2 Å². The molecule has 6 nitrogen and oxygen atoms in total. The van der Waals surface area contributed by atoms with Crippen molar-refractivity contribution in [2.24, 2.45) is 0 Å². The second-order valence-electron chi connectivity index (χ2n) is 6.08. The summed E-state index contributed by atoms with van der Waals surface area (Å²) in [6, 6.07) is -0.152. The lowest BCUT2D eigenvalue weighted by Crippen LogP contribution is -2.46. The van der Waals surface area contributed by atoms with E-state index < -0.39 is 11.6 Å². The van der Waals surface area contributed by atoms with E-state index in [1.165, 1.54) is 0 Å². The van der Waals surface area contributed by atoms with Crippen molar-refractivity contribution in [3.05, 3.63) is 0 Å². The number of unbranched alkanes of at least 4 members (excludes halogenated alkanes) is 3. The lowest BCUT2D eigenvalue weighted by molar-refractivity contribution is -0.137. The largest absolute Gasteiger partial charge is 0.481 e. The third-order valence-corrected chi connectivity index (χ3v) is 4.01. The predicted molar refractivity (Wildman–Crippen MR) is 80.2 cm³/mol. The van der Waals surface area contributed by atoms with Gasteiger partial charge in [0.2, 0.25) is 0 Å². The van der Waals surface area contributed by atoms with Crippen LogP contribution in [-0.2, 0) is 4.79 Å². The van der Waals surface area contributed by atoms with Crippen LogP contribution in [0.4, 0.5) is 4.79 Å². The van der Waals surface area contributed by atoms with Gasteiger partial charge in [0.25, 0.3) is 0 Å². The van der Waals surface area contributed by atoms with Crippen LogP contribution < -0.4 is 5.32 Å². The van der Waals surface area contributed by atoms with Crippen LogP contribution in [0, 0.1) is 0 Å². The number of hydrogen-bond donors (Lipinski definition) is 3. The topological polar surface area (TPSA) is 89.9 Å². The zero-order chi connectivity index (χ0) is 15.7. The monoisotopic (exact) mass is 300 g/mol. The number of nitrogens with one attached hydrogen (secondary N) is 1. The number of hydrogen-bond acceptors (Lipinski definition) is 3. The van der Waals surface area contributed by atoms with Crippen LogP contribution in [0.25, 0.3) is 0 Å². The second kappa shape index (κ2) is 8.87. The van der Waals surface area contributed by atoms with Gasteiger partial charge in [-0.05, 0) is 25.7 Å². The minimum Gasteiger partial charge on any atom is -0.481 e. The Labute approximate surface area is 126 Å². The Morgan fingerprint density at radius 2 is 1.76 bits per heavy atom. The highest BCUT2D eigenvalue weighted by molar-refractivity contribution is 5.73. The number of carbonyl (C=O) groups is 2. The van der Waals surface area contributed by atoms with E-state index in [1.54, 1.807) is 11.9 Å². The van der Waals surface area contributed by atoms with Crippen LogP contribution >= 0.6 is 0 Å². The van der Waals surface area contributed by atoms with Gasteiger partial charge in [0.05, 0.1) is 12.1 Å². The maximum Gasteiger partial charge on any atom is 0.317 e. The molecular weight excluding hydrogens is 272 g/mol. The number of nitrogens with zero attached hydrogens (tertiary/aromatic N) is 1. The summed E-state index contributed by atoms with van der Waals surface area (Å²) in [5.74, 6) is -0.755. The van der Waals surface area contributed by atoms with Crippen LogP contribution in [0.15, 0.2) is 0 Å². The van der Waals surface area contributed by atoms with Crippen molar-refractivity contribution in [2.75, 3.05) is 20.1 Å². The molecule has 0 saturated heterocycles. The van der Waals surface area contributed by atoms with Crippen LogP contribution in [0.3, 0.4) is 0 Å². The van der Waals surface area contributed by atoms with E-state index in [1.807, 2.05) is 0 Å². The van der Waals surface area contributed by atoms with E-state index in [0.29, 0.717) is 19.5 Å². The molecular formula is C15H28N2O4. The fourth-order valence-corrected chi connectivity index (χ4v) is 2.79. The van der Waals surface area contributed by atoms with Gasteiger partial charge >= 0.3 is 12.0 Å². The molecule has 6 heteroatoms. The molecule has 0 bridgehead atoms. The third kappa shape index (κ3) is 7.32. The van der Waals surface area contributed by atoms with E-state index in [4.69, 9.17) is 5.11 Å². The molecule has 1 aliphatic carbocycles. The molecule has 0 spiro atoms. The fraction of sp³-hybridized carbons (Fsp3) is 0.867. The minimum atomic E-state index is -0.755. The Hall–Kier alpha value is -1.30. The first-order valence-corrected chi connectivity index (χ1v) is 7.86. The Balaban J connectivity index is 2.06. The minimum absolute atomic E-state index is 0.152. The SMILES string of the molecule is CN(CC1(O)CCCC1)C(=O)NCCCCCCC(=O)O. The molecule has 0 aromatic carbocycles. The Kier molecular flexibility index (Phi) is 7.50. The lowest BCUT2D eigenvalue weighted by atomic mass is 10.0. The first-order chi connectivity index (χ1) is 9.93. The van der Waals surface area contributed by atoms with Crippen LogP contribution in [0.1, 0.15) is 57.8 Å². The van der Waals surface area contributed by atoms with Gasteiger partial charge in [-0.25, -0.2) is 4.79 Å². The molecule has 0 atom stereocenters. The molecule has 1 fully saturated rings. The smallest absolute Gasteiger partial charge is 0.317 e. The van der Waals surface area contributed by atoms with E-state index in [0.717, 1.165) is 44.9 Å². The van der Waals surface area contributed by atoms with Crippen molar-refractivity contribution in [1.29, 1.82) is 0 Å². The second-order valence-corrected chi connectivity index (χ2v) is 6.08. The highest BCUT2D eigenvalue weighted by atomic mass is 16.4. The van der Waals surface area contributed by atoms with Crippen molar-refractivity contribution < 1.29 is 19.8 Å². The van der Waals surface area contributed by atoms with E-state index >= 15 is 0 Å². The summed E-state index contributed by atoms with van der Waals surface area (Å²) in [5, 5.41) is 21.6. The van der Waals surface area contributed by atoms with Crippen molar-refractivity contribution in [3.63, 3.8) is 0 Å². The summed E-state index contributed by atoms with van der Waals surface area (Å²) in [7, 11) is 1.71. The summed E-state index contributed by atoms with van der Waals surface area (Å²) in [6.07, 6.45) is 7.15. The molecule has 0 aliphatic heterocycles. The maximum absolute atomic E-state index is 11.9. The molecule has 21 heavy (non-hydrogen) atoms. The van der Waals surface area contributed by atoms with Gasteiger partial charge in [0.1, 0.15) is 0 Å². The van der Waals surface area contributed by atoms with Gasteiger partial charge in [0.15, 0.2) is 0 Å². The first-order valence-electron chi connectivity index (χ1n) is 7.86. The Bertz CT molecular complexity index is 341. The quantitative estimate of drug-likeness (QED) is 0.568. The fourth-order valence-electron chi connectivity index (χ4n) is 2.79. The molecule has 0 aromatic rings. The summed E-state index contributed by atoms with van der Waals surface area (Å²) in [6.45, 7) is 0.978. The van der Waals surface area contributed by atoms with E-state index in [9.17, 15) is 14.7 Å². The van der Waals surface area contributed by atoms with Gasteiger partial charge < -0.3 is 20.4 Å². The van der Waals surface area contributed by atoms with Crippen LogP contribution in [-0.4, -0.2) is 52.9 Å². The number of carbonyl (C=O) groups excluding carboxylic acids is 1. The van der Waals surface area contributed by atoms with Gasteiger partial charge in [0, 0.05) is 20.0 Å². The van der Waals surface area contributed by atoms with Crippen LogP contribution in [0.5, 0.6) is 0 Å². The van der Waals surface area contributed by atoms with E-state index in [2.05, 4.69) is 5.32 Å². The summed E-state index contributed by atoms with van der Waals surface area (Å²) in [5.41, 5.74) is -0.705. The van der Waals surface area contributed by atoms with E-state index in [-0.39, 0.29) is 12.5 Å².